The Hall–Kier alpha value is -1.82. The van der Waals surface area contributed by atoms with Gasteiger partial charge in [-0.3, -0.25) is 4.79 Å². The molecule has 0 saturated carbocycles. The first-order chi connectivity index (χ1) is 7.06. The van der Waals surface area contributed by atoms with Gasteiger partial charge in [0.2, 0.25) is 0 Å². The van der Waals surface area contributed by atoms with E-state index in [0.29, 0.717) is 11.1 Å². The third-order valence-electron chi connectivity index (χ3n) is 2.09. The van der Waals surface area contributed by atoms with Gasteiger partial charge in [-0.1, -0.05) is 12.0 Å². The Balaban J connectivity index is 2.93. The SMILES string of the molecule is C#CCN(C)C(=O)c1ccc(C)c(F)c1. The van der Waals surface area contributed by atoms with Crippen LogP contribution in [0, 0.1) is 25.1 Å². The number of benzene rings is 1. The molecule has 1 aromatic rings. The fourth-order valence-corrected chi connectivity index (χ4v) is 1.16. The molecular formula is C12H12FNO. The molecular weight excluding hydrogens is 193 g/mol. The molecule has 2 nitrogen and oxygen atoms in total. The summed E-state index contributed by atoms with van der Waals surface area (Å²) in [5.74, 6) is 1.70. The van der Waals surface area contributed by atoms with E-state index in [1.165, 1.54) is 11.0 Å². The first-order valence-electron chi connectivity index (χ1n) is 4.51. The van der Waals surface area contributed by atoms with Crippen molar-refractivity contribution in [2.75, 3.05) is 13.6 Å². The van der Waals surface area contributed by atoms with Gasteiger partial charge in [-0.2, -0.15) is 0 Å². The van der Waals surface area contributed by atoms with Gasteiger partial charge < -0.3 is 4.90 Å². The van der Waals surface area contributed by atoms with E-state index in [1.54, 1.807) is 26.1 Å². The molecule has 0 saturated heterocycles. The summed E-state index contributed by atoms with van der Waals surface area (Å²) < 4.78 is 13.2. The largest absolute Gasteiger partial charge is 0.331 e. The number of carbonyl (C=O) groups is 1. The normalized spacial score (nSPS) is 9.47. The van der Waals surface area contributed by atoms with Crippen molar-refractivity contribution in [3.8, 4) is 12.3 Å². The third kappa shape index (κ3) is 2.57. The lowest BCUT2D eigenvalue weighted by molar-refractivity contribution is 0.0812. The van der Waals surface area contributed by atoms with E-state index in [4.69, 9.17) is 6.42 Å². The summed E-state index contributed by atoms with van der Waals surface area (Å²) in [5, 5.41) is 0. The van der Waals surface area contributed by atoms with Crippen molar-refractivity contribution in [1.29, 1.82) is 0 Å². The van der Waals surface area contributed by atoms with Crippen LogP contribution < -0.4 is 0 Å². The van der Waals surface area contributed by atoms with Gasteiger partial charge in [0.05, 0.1) is 6.54 Å². The van der Waals surface area contributed by atoms with Gasteiger partial charge >= 0.3 is 0 Å². The van der Waals surface area contributed by atoms with E-state index in [9.17, 15) is 9.18 Å². The summed E-state index contributed by atoms with van der Waals surface area (Å²) in [6.07, 6.45) is 5.08. The predicted molar refractivity (Wildman–Crippen MR) is 56.9 cm³/mol. The summed E-state index contributed by atoms with van der Waals surface area (Å²) in [7, 11) is 1.58. The van der Waals surface area contributed by atoms with Crippen molar-refractivity contribution in [1.82, 2.24) is 4.90 Å². The van der Waals surface area contributed by atoms with Gasteiger partial charge in [-0.05, 0) is 24.6 Å². The Morgan fingerprint density at radius 1 is 1.60 bits per heavy atom. The average molecular weight is 205 g/mol. The second kappa shape index (κ2) is 4.61. The van der Waals surface area contributed by atoms with Gasteiger partial charge in [-0.25, -0.2) is 4.39 Å². The number of amides is 1. The Bertz CT molecular complexity index is 420. The summed E-state index contributed by atoms with van der Waals surface area (Å²) in [6, 6.07) is 4.39. The van der Waals surface area contributed by atoms with Crippen LogP contribution in [0.5, 0.6) is 0 Å². The molecule has 0 atom stereocenters. The monoisotopic (exact) mass is 205 g/mol. The fourth-order valence-electron chi connectivity index (χ4n) is 1.16. The Labute approximate surface area is 88.7 Å². The maximum atomic E-state index is 13.2. The minimum Gasteiger partial charge on any atom is -0.331 e. The van der Waals surface area contributed by atoms with Crippen LogP contribution in [0.25, 0.3) is 0 Å². The number of hydrogen-bond donors (Lipinski definition) is 0. The molecule has 0 aromatic heterocycles. The number of terminal acetylenes is 1. The van der Waals surface area contributed by atoms with Gasteiger partial charge in [0, 0.05) is 12.6 Å². The zero-order valence-electron chi connectivity index (χ0n) is 8.75. The lowest BCUT2D eigenvalue weighted by atomic mass is 10.1. The first-order valence-corrected chi connectivity index (χ1v) is 4.51. The van der Waals surface area contributed by atoms with Gasteiger partial charge in [0.15, 0.2) is 0 Å². The molecule has 1 amide bonds. The lowest BCUT2D eigenvalue weighted by Crippen LogP contribution is -2.27. The van der Waals surface area contributed by atoms with E-state index in [2.05, 4.69) is 5.92 Å². The van der Waals surface area contributed by atoms with E-state index < -0.39 is 0 Å². The fraction of sp³-hybridized carbons (Fsp3) is 0.250. The van der Waals surface area contributed by atoms with Crippen molar-refractivity contribution in [2.45, 2.75) is 6.92 Å². The van der Waals surface area contributed by atoms with Crippen LogP contribution in [0.15, 0.2) is 18.2 Å². The molecule has 15 heavy (non-hydrogen) atoms. The number of aryl methyl sites for hydroxylation is 1. The standard InChI is InChI=1S/C12H12FNO/c1-4-7-14(3)12(15)10-6-5-9(2)11(13)8-10/h1,5-6,8H,7H2,2-3H3. The summed E-state index contributed by atoms with van der Waals surface area (Å²) in [5.41, 5.74) is 0.835. The van der Waals surface area contributed by atoms with Crippen molar-refractivity contribution < 1.29 is 9.18 Å². The lowest BCUT2D eigenvalue weighted by Gasteiger charge is -2.13. The molecule has 0 aliphatic carbocycles. The Morgan fingerprint density at radius 3 is 2.80 bits per heavy atom. The molecule has 1 aromatic carbocycles. The molecule has 0 N–H and O–H groups in total. The highest BCUT2D eigenvalue weighted by molar-refractivity contribution is 5.94. The molecule has 0 spiro atoms. The minimum absolute atomic E-state index is 0.217. The van der Waals surface area contributed by atoms with Crippen LogP contribution in [0.1, 0.15) is 15.9 Å². The molecule has 0 radical (unpaired) electrons. The highest BCUT2D eigenvalue weighted by atomic mass is 19.1. The third-order valence-corrected chi connectivity index (χ3v) is 2.09. The predicted octanol–water partition coefficient (Wildman–Crippen LogP) is 1.84. The zero-order chi connectivity index (χ0) is 11.4. The molecule has 78 valence electrons. The molecule has 0 aliphatic rings. The maximum absolute atomic E-state index is 13.2. The van der Waals surface area contributed by atoms with Crippen molar-refractivity contribution in [3.05, 3.63) is 35.1 Å². The average Bonchev–Trinajstić information content (AvgIpc) is 2.21. The minimum atomic E-state index is -0.380. The highest BCUT2D eigenvalue weighted by Gasteiger charge is 2.11. The number of halogens is 1. The molecule has 0 fully saturated rings. The molecule has 0 aliphatic heterocycles. The highest BCUT2D eigenvalue weighted by Crippen LogP contribution is 2.10. The van der Waals surface area contributed by atoms with Gasteiger partial charge in [0.25, 0.3) is 5.91 Å². The molecule has 1 rings (SSSR count). The van der Waals surface area contributed by atoms with Gasteiger partial charge in [0.1, 0.15) is 5.82 Å². The van der Waals surface area contributed by atoms with Crippen LogP contribution in [-0.4, -0.2) is 24.4 Å². The first kappa shape index (κ1) is 11.3. The summed E-state index contributed by atoms with van der Waals surface area (Å²) >= 11 is 0. The second-order valence-corrected chi connectivity index (χ2v) is 3.33. The van der Waals surface area contributed by atoms with E-state index in [1.807, 2.05) is 0 Å². The maximum Gasteiger partial charge on any atom is 0.254 e. The Kier molecular flexibility index (Phi) is 3.46. The van der Waals surface area contributed by atoms with Crippen LogP contribution in [0.2, 0.25) is 0 Å². The number of carbonyl (C=O) groups excluding carboxylic acids is 1. The number of nitrogens with zero attached hydrogens (tertiary/aromatic N) is 1. The van der Waals surface area contributed by atoms with Crippen LogP contribution in [0.3, 0.4) is 0 Å². The summed E-state index contributed by atoms with van der Waals surface area (Å²) in [4.78, 5) is 13.0. The molecule has 0 unspecified atom stereocenters. The van der Waals surface area contributed by atoms with E-state index >= 15 is 0 Å². The molecule has 0 bridgehead atoms. The van der Waals surface area contributed by atoms with Crippen LogP contribution in [0.4, 0.5) is 4.39 Å². The van der Waals surface area contributed by atoms with Gasteiger partial charge in [-0.15, -0.1) is 6.42 Å². The Morgan fingerprint density at radius 2 is 2.27 bits per heavy atom. The van der Waals surface area contributed by atoms with E-state index in [-0.39, 0.29) is 18.3 Å². The quantitative estimate of drug-likeness (QED) is 0.675. The van der Waals surface area contributed by atoms with Crippen molar-refractivity contribution in [3.63, 3.8) is 0 Å². The van der Waals surface area contributed by atoms with Crippen LogP contribution >= 0.6 is 0 Å². The van der Waals surface area contributed by atoms with Crippen LogP contribution in [-0.2, 0) is 0 Å². The summed E-state index contributed by atoms with van der Waals surface area (Å²) in [6.45, 7) is 1.86. The topological polar surface area (TPSA) is 20.3 Å². The zero-order valence-corrected chi connectivity index (χ0v) is 8.75. The number of hydrogen-bond acceptors (Lipinski definition) is 1. The molecule has 3 heteroatoms. The van der Waals surface area contributed by atoms with E-state index in [0.717, 1.165) is 0 Å². The number of rotatable bonds is 2. The van der Waals surface area contributed by atoms with Crippen molar-refractivity contribution >= 4 is 5.91 Å². The second-order valence-electron chi connectivity index (χ2n) is 3.33. The smallest absolute Gasteiger partial charge is 0.254 e. The van der Waals surface area contributed by atoms with Crippen molar-refractivity contribution in [2.24, 2.45) is 0 Å². The molecule has 0 heterocycles.